The van der Waals surface area contributed by atoms with Gasteiger partial charge in [0.2, 0.25) is 5.91 Å². The van der Waals surface area contributed by atoms with Crippen molar-refractivity contribution in [2.75, 3.05) is 15.4 Å². The molecule has 3 aromatic carbocycles. The molecule has 1 heterocycles. The normalized spacial score (nSPS) is 16.7. The SMILES string of the molecule is Cc1cccc(N2C(=O)CSC2c2cccc(NS(=O)(=O)c3ccc(Br)cc3)c2)c1. The van der Waals surface area contributed by atoms with Crippen molar-refractivity contribution in [1.82, 2.24) is 0 Å². The zero-order valence-corrected chi connectivity index (χ0v) is 19.3. The fourth-order valence-electron chi connectivity index (χ4n) is 3.31. The molecule has 0 bridgehead atoms. The monoisotopic (exact) mass is 502 g/mol. The second-order valence-electron chi connectivity index (χ2n) is 6.95. The highest BCUT2D eigenvalue weighted by Gasteiger charge is 2.34. The van der Waals surface area contributed by atoms with Gasteiger partial charge in [-0.3, -0.25) is 14.4 Å². The van der Waals surface area contributed by atoms with Gasteiger partial charge in [-0.25, -0.2) is 8.42 Å². The van der Waals surface area contributed by atoms with Gasteiger partial charge in [0.05, 0.1) is 10.6 Å². The minimum absolute atomic E-state index is 0.0384. The number of carbonyl (C=O) groups excluding carboxylic acids is 1. The molecule has 0 aliphatic carbocycles. The Balaban J connectivity index is 1.63. The summed E-state index contributed by atoms with van der Waals surface area (Å²) in [7, 11) is -3.71. The highest BCUT2D eigenvalue weighted by molar-refractivity contribution is 9.10. The molecule has 0 spiro atoms. The van der Waals surface area contributed by atoms with Crippen molar-refractivity contribution in [3.05, 3.63) is 88.4 Å². The molecule has 3 aromatic rings. The molecule has 1 unspecified atom stereocenters. The molecular weight excluding hydrogens is 484 g/mol. The number of sulfonamides is 1. The fourth-order valence-corrected chi connectivity index (χ4v) is 5.79. The molecule has 0 saturated carbocycles. The Kier molecular flexibility index (Phi) is 5.90. The van der Waals surface area contributed by atoms with E-state index in [1.807, 2.05) is 37.3 Å². The maximum absolute atomic E-state index is 12.7. The van der Waals surface area contributed by atoms with Crippen LogP contribution in [0.25, 0.3) is 0 Å². The van der Waals surface area contributed by atoms with Crippen LogP contribution >= 0.6 is 27.7 Å². The average Bonchev–Trinajstić information content (AvgIpc) is 3.10. The predicted molar refractivity (Wildman–Crippen MR) is 125 cm³/mol. The molecule has 1 atom stereocenters. The van der Waals surface area contributed by atoms with Gasteiger partial charge in [0.15, 0.2) is 0 Å². The van der Waals surface area contributed by atoms with Gasteiger partial charge in [-0.05, 0) is 66.6 Å². The predicted octanol–water partition coefficient (Wildman–Crippen LogP) is 5.34. The quantitative estimate of drug-likeness (QED) is 0.511. The molecule has 1 aliphatic rings. The molecule has 0 radical (unpaired) electrons. The minimum Gasteiger partial charge on any atom is -0.295 e. The summed E-state index contributed by atoms with van der Waals surface area (Å²) in [4.78, 5) is 14.5. The number of aryl methyl sites for hydroxylation is 1. The van der Waals surface area contributed by atoms with Crippen LogP contribution in [-0.2, 0) is 14.8 Å². The Hall–Kier alpha value is -2.29. The number of benzene rings is 3. The van der Waals surface area contributed by atoms with Crippen molar-refractivity contribution in [1.29, 1.82) is 0 Å². The number of amides is 1. The standard InChI is InChI=1S/C22H19BrN2O3S2/c1-15-4-2-7-19(12-15)25-21(26)14-29-22(25)16-5-3-6-18(13-16)24-30(27,28)20-10-8-17(23)9-11-20/h2-13,22,24H,14H2,1H3. The first-order valence-corrected chi connectivity index (χ1v) is 12.5. The lowest BCUT2D eigenvalue weighted by Crippen LogP contribution is -2.27. The molecule has 1 N–H and O–H groups in total. The molecule has 5 nitrogen and oxygen atoms in total. The van der Waals surface area contributed by atoms with Crippen LogP contribution in [-0.4, -0.2) is 20.1 Å². The highest BCUT2D eigenvalue weighted by atomic mass is 79.9. The van der Waals surface area contributed by atoms with Gasteiger partial charge in [0.25, 0.3) is 10.0 Å². The number of carbonyl (C=O) groups is 1. The molecule has 1 saturated heterocycles. The van der Waals surface area contributed by atoms with E-state index in [2.05, 4.69) is 20.7 Å². The molecular formula is C22H19BrN2O3S2. The third kappa shape index (κ3) is 4.40. The van der Waals surface area contributed by atoms with Crippen molar-refractivity contribution in [3.63, 3.8) is 0 Å². The summed E-state index contributed by atoms with van der Waals surface area (Å²) in [5, 5.41) is -0.212. The highest BCUT2D eigenvalue weighted by Crippen LogP contribution is 2.42. The van der Waals surface area contributed by atoms with E-state index in [4.69, 9.17) is 0 Å². The van der Waals surface area contributed by atoms with E-state index < -0.39 is 10.0 Å². The Bertz CT molecular complexity index is 1200. The van der Waals surface area contributed by atoms with Gasteiger partial charge in [-0.15, -0.1) is 11.8 Å². The van der Waals surface area contributed by atoms with Gasteiger partial charge >= 0.3 is 0 Å². The first-order chi connectivity index (χ1) is 14.3. The Morgan fingerprint density at radius 3 is 2.50 bits per heavy atom. The number of nitrogens with zero attached hydrogens (tertiary/aromatic N) is 1. The third-order valence-corrected chi connectivity index (χ3v) is 7.83. The summed E-state index contributed by atoms with van der Waals surface area (Å²) >= 11 is 4.84. The topological polar surface area (TPSA) is 66.5 Å². The van der Waals surface area contributed by atoms with Crippen LogP contribution in [0.1, 0.15) is 16.5 Å². The lowest BCUT2D eigenvalue weighted by atomic mass is 10.1. The number of halogens is 1. The van der Waals surface area contributed by atoms with E-state index in [1.165, 1.54) is 11.8 Å². The van der Waals surface area contributed by atoms with Gasteiger partial charge in [0, 0.05) is 15.8 Å². The maximum atomic E-state index is 12.7. The molecule has 1 aliphatic heterocycles. The summed E-state index contributed by atoms with van der Waals surface area (Å²) in [6.45, 7) is 1.99. The van der Waals surface area contributed by atoms with Crippen molar-refractivity contribution in [3.8, 4) is 0 Å². The summed E-state index contributed by atoms with van der Waals surface area (Å²) in [5.74, 6) is 0.421. The third-order valence-electron chi connectivity index (χ3n) is 4.70. The van der Waals surface area contributed by atoms with Gasteiger partial charge in [-0.1, -0.05) is 40.2 Å². The lowest BCUT2D eigenvalue weighted by molar-refractivity contribution is -0.115. The van der Waals surface area contributed by atoms with Crippen molar-refractivity contribution in [2.24, 2.45) is 0 Å². The van der Waals surface area contributed by atoms with E-state index in [0.29, 0.717) is 11.4 Å². The molecule has 154 valence electrons. The van der Waals surface area contributed by atoms with Gasteiger partial charge < -0.3 is 0 Å². The molecule has 1 amide bonds. The molecule has 30 heavy (non-hydrogen) atoms. The number of hydrogen-bond donors (Lipinski definition) is 1. The van der Waals surface area contributed by atoms with E-state index in [0.717, 1.165) is 21.3 Å². The maximum Gasteiger partial charge on any atom is 0.261 e. The smallest absolute Gasteiger partial charge is 0.261 e. The van der Waals surface area contributed by atoms with Crippen LogP contribution < -0.4 is 9.62 Å². The average molecular weight is 503 g/mol. The zero-order chi connectivity index (χ0) is 21.3. The van der Waals surface area contributed by atoms with E-state index >= 15 is 0 Å². The second-order valence-corrected chi connectivity index (χ2v) is 10.6. The van der Waals surface area contributed by atoms with Crippen LogP contribution in [0, 0.1) is 6.92 Å². The lowest BCUT2D eigenvalue weighted by Gasteiger charge is -2.25. The van der Waals surface area contributed by atoms with Crippen molar-refractivity contribution in [2.45, 2.75) is 17.2 Å². The summed E-state index contributed by atoms with van der Waals surface area (Å²) < 4.78 is 28.9. The minimum atomic E-state index is -3.71. The first-order valence-electron chi connectivity index (χ1n) is 9.22. The number of nitrogens with one attached hydrogen (secondary N) is 1. The van der Waals surface area contributed by atoms with Crippen molar-refractivity contribution < 1.29 is 13.2 Å². The molecule has 4 rings (SSSR count). The van der Waals surface area contributed by atoms with E-state index in [-0.39, 0.29) is 16.2 Å². The van der Waals surface area contributed by atoms with Crippen LogP contribution in [0.2, 0.25) is 0 Å². The zero-order valence-electron chi connectivity index (χ0n) is 16.1. The molecule has 1 fully saturated rings. The largest absolute Gasteiger partial charge is 0.295 e. The van der Waals surface area contributed by atoms with E-state index in [9.17, 15) is 13.2 Å². The first kappa shape index (κ1) is 21.0. The summed E-state index contributed by atoms with van der Waals surface area (Å²) in [6, 6.07) is 21.5. The summed E-state index contributed by atoms with van der Waals surface area (Å²) in [5.41, 5.74) is 3.24. The number of anilines is 2. The van der Waals surface area contributed by atoms with E-state index in [1.54, 1.807) is 47.4 Å². The number of thioether (sulfide) groups is 1. The van der Waals surface area contributed by atoms with Crippen molar-refractivity contribution >= 4 is 55.0 Å². The molecule has 0 aromatic heterocycles. The molecule has 8 heteroatoms. The van der Waals surface area contributed by atoms with Crippen LogP contribution in [0.4, 0.5) is 11.4 Å². The fraction of sp³-hybridized carbons (Fsp3) is 0.136. The van der Waals surface area contributed by atoms with Crippen LogP contribution in [0.15, 0.2) is 82.2 Å². The second kappa shape index (κ2) is 8.45. The Morgan fingerprint density at radius 1 is 1.03 bits per heavy atom. The number of rotatable bonds is 5. The van der Waals surface area contributed by atoms with Crippen LogP contribution in [0.5, 0.6) is 0 Å². The van der Waals surface area contributed by atoms with Crippen LogP contribution in [0.3, 0.4) is 0 Å². The van der Waals surface area contributed by atoms with Gasteiger partial charge in [0.1, 0.15) is 5.37 Å². The Morgan fingerprint density at radius 2 is 1.77 bits per heavy atom. The Labute approximate surface area is 188 Å². The summed E-state index contributed by atoms with van der Waals surface area (Å²) in [6.07, 6.45) is 0. The number of hydrogen-bond acceptors (Lipinski definition) is 4. The van der Waals surface area contributed by atoms with Gasteiger partial charge in [-0.2, -0.15) is 0 Å².